The SMILES string of the molecule is C=CCO/N=C1\[C@H](C)C[C@@](C)(OC)[C@H](O[C@@H]2O[C@H](C)C[C@H](N(C)C(=O)OCc3ccccc3)[C@H]2OC(=O)OCc2ccccc2)[C@@H](C)[C@H](O[C@H]2C[C@@](C)(OC)[C@@H](O)[C@H](C)O2)[C@@H](C)C(=O)O[C@H](CC)[C@@](C)(O)[C@H](OC)[C@H]1C. The zero-order chi connectivity index (χ0) is 56.1. The number of esters is 1. The van der Waals surface area contributed by atoms with Crippen LogP contribution in [0, 0.1) is 23.7 Å². The van der Waals surface area contributed by atoms with Crippen LogP contribution in [0.5, 0.6) is 0 Å². The van der Waals surface area contributed by atoms with Crippen molar-refractivity contribution >= 4 is 23.9 Å². The molecule has 2 N–H and O–H groups in total. The molecule has 426 valence electrons. The second-order valence-corrected chi connectivity index (χ2v) is 21.3. The summed E-state index contributed by atoms with van der Waals surface area (Å²) >= 11 is 0. The molecule has 0 saturated carbocycles. The summed E-state index contributed by atoms with van der Waals surface area (Å²) in [5.41, 5.74) is -2.27. The lowest BCUT2D eigenvalue weighted by Gasteiger charge is -2.50. The van der Waals surface area contributed by atoms with Crippen LogP contribution in [0.15, 0.2) is 78.5 Å². The Morgan fingerprint density at radius 2 is 1.43 bits per heavy atom. The van der Waals surface area contributed by atoms with E-state index in [9.17, 15) is 24.6 Å². The summed E-state index contributed by atoms with van der Waals surface area (Å²) in [5, 5.41) is 28.4. The maximum Gasteiger partial charge on any atom is 0.509 e. The van der Waals surface area contributed by atoms with Gasteiger partial charge in [0.25, 0.3) is 0 Å². The zero-order valence-corrected chi connectivity index (χ0v) is 47.1. The molecule has 5 rings (SSSR count). The van der Waals surface area contributed by atoms with Gasteiger partial charge in [-0.25, -0.2) is 9.59 Å². The molecule has 3 saturated heterocycles. The number of carbonyl (C=O) groups excluding carboxylic acids is 3. The van der Waals surface area contributed by atoms with E-state index in [1.165, 1.54) is 26.2 Å². The molecule has 3 heterocycles. The Balaban J connectivity index is 1.69. The molecule has 18 atom stereocenters. The number of nitrogens with zero attached hydrogens (tertiary/aromatic N) is 2. The summed E-state index contributed by atoms with van der Waals surface area (Å²) in [7, 11) is 6.06. The first-order valence-corrected chi connectivity index (χ1v) is 26.5. The third-order valence-corrected chi connectivity index (χ3v) is 15.6. The van der Waals surface area contributed by atoms with Gasteiger partial charge in [0.1, 0.15) is 37.6 Å². The summed E-state index contributed by atoms with van der Waals surface area (Å²) in [5.74, 6) is -3.83. The van der Waals surface area contributed by atoms with Crippen molar-refractivity contribution in [3.63, 3.8) is 0 Å². The Hall–Kier alpha value is -4.70. The number of carbonyl (C=O) groups is 3. The van der Waals surface area contributed by atoms with Crippen LogP contribution in [0.4, 0.5) is 9.59 Å². The number of ether oxygens (including phenoxy) is 11. The van der Waals surface area contributed by atoms with Gasteiger partial charge < -0.3 is 72.1 Å². The first-order chi connectivity index (χ1) is 36.0. The van der Waals surface area contributed by atoms with Gasteiger partial charge in [0.05, 0.1) is 59.4 Å². The van der Waals surface area contributed by atoms with Gasteiger partial charge in [-0.2, -0.15) is 0 Å². The third kappa shape index (κ3) is 15.1. The standard InChI is InChI=1S/C57H86N2O17/c1-16-28-70-58-45-34(3)30-56(10,67-15)49(37(6)46(74-44-31-55(9,66-14)48(60)39(8)72-44)38(7)51(61)73-43(17-2)57(11,64)50(65-13)36(45)5)76-52-47(75-54(63)69-33-41-26-22-19-23-27-41)42(29-35(4)71-52)59(12)53(62)68-32-40-24-20-18-21-25-40/h16,18-27,34-39,42-44,46-50,52,60,64H,1,17,28-33H2,2-15H3/b58-45+/t34-,35-,36+,37+,38-,39+,42+,43-,44+,46+,47-,48+,49-,50-,52+,55-,56-,57-/m1/s1. The number of benzene rings is 2. The Morgan fingerprint density at radius 3 is 2.00 bits per heavy atom. The highest BCUT2D eigenvalue weighted by molar-refractivity contribution is 5.89. The minimum atomic E-state index is -1.76. The van der Waals surface area contributed by atoms with E-state index in [0.717, 1.165) is 5.56 Å². The van der Waals surface area contributed by atoms with Crippen molar-refractivity contribution in [2.45, 2.75) is 192 Å². The molecular formula is C57H86N2O17. The predicted octanol–water partition coefficient (Wildman–Crippen LogP) is 8.15. The minimum Gasteiger partial charge on any atom is -0.459 e. The summed E-state index contributed by atoms with van der Waals surface area (Å²) in [4.78, 5) is 50.1. The number of amides is 1. The molecule has 19 nitrogen and oxygen atoms in total. The van der Waals surface area contributed by atoms with E-state index in [2.05, 4.69) is 11.7 Å². The van der Waals surface area contributed by atoms with Gasteiger partial charge in [0.2, 0.25) is 0 Å². The van der Waals surface area contributed by atoms with Crippen LogP contribution in [0.25, 0.3) is 0 Å². The van der Waals surface area contributed by atoms with Gasteiger partial charge in [-0.3, -0.25) is 4.79 Å². The molecule has 1 amide bonds. The maximum atomic E-state index is 14.9. The average Bonchev–Trinajstić information content (AvgIpc) is 3.40. The van der Waals surface area contributed by atoms with E-state index in [1.54, 1.807) is 59.9 Å². The molecule has 0 bridgehead atoms. The number of methoxy groups -OCH3 is 3. The molecule has 0 radical (unpaired) electrons. The highest BCUT2D eigenvalue weighted by Gasteiger charge is 2.55. The molecule has 3 aliphatic rings. The third-order valence-electron chi connectivity index (χ3n) is 15.6. The largest absolute Gasteiger partial charge is 0.509 e. The normalized spacial score (nSPS) is 37.2. The molecule has 0 unspecified atom stereocenters. The number of cyclic esters (lactones) is 1. The van der Waals surface area contributed by atoms with Gasteiger partial charge in [-0.1, -0.05) is 106 Å². The monoisotopic (exact) mass is 1070 g/mol. The molecule has 0 aliphatic carbocycles. The number of rotatable bonds is 17. The molecule has 76 heavy (non-hydrogen) atoms. The summed E-state index contributed by atoms with van der Waals surface area (Å²) < 4.78 is 70.0. The fourth-order valence-electron chi connectivity index (χ4n) is 11.2. The number of hydrogen-bond acceptors (Lipinski definition) is 18. The zero-order valence-electron chi connectivity index (χ0n) is 47.1. The van der Waals surface area contributed by atoms with Crippen LogP contribution in [-0.2, 0) is 75.0 Å². The number of aliphatic hydroxyl groups excluding tert-OH is 1. The topological polar surface area (TPSA) is 218 Å². The van der Waals surface area contributed by atoms with Crippen molar-refractivity contribution in [1.82, 2.24) is 4.90 Å². The molecule has 0 aromatic heterocycles. The quantitative estimate of drug-likeness (QED) is 0.0502. The Labute approximate surface area is 449 Å². The summed E-state index contributed by atoms with van der Waals surface area (Å²) in [6.07, 6.45) is -10.1. The first-order valence-electron chi connectivity index (χ1n) is 26.5. The lowest BCUT2D eigenvalue weighted by atomic mass is 9.73. The van der Waals surface area contributed by atoms with E-state index in [0.29, 0.717) is 11.3 Å². The fraction of sp³-hybridized carbons (Fsp3) is 0.684. The van der Waals surface area contributed by atoms with Crippen molar-refractivity contribution in [1.29, 1.82) is 0 Å². The Bertz CT molecular complexity index is 2180. The van der Waals surface area contributed by atoms with Crippen LogP contribution in [-0.4, -0.2) is 158 Å². The van der Waals surface area contributed by atoms with Gasteiger partial charge in [-0.15, -0.1) is 0 Å². The molecule has 2 aromatic rings. The van der Waals surface area contributed by atoms with Crippen LogP contribution in [0.1, 0.15) is 106 Å². The van der Waals surface area contributed by atoms with Crippen molar-refractivity contribution in [3.05, 3.63) is 84.4 Å². The van der Waals surface area contributed by atoms with Crippen LogP contribution >= 0.6 is 0 Å². The molecule has 3 fully saturated rings. The van der Waals surface area contributed by atoms with Gasteiger partial charge >= 0.3 is 18.2 Å². The van der Waals surface area contributed by atoms with Crippen molar-refractivity contribution in [3.8, 4) is 0 Å². The fourth-order valence-corrected chi connectivity index (χ4v) is 11.2. The van der Waals surface area contributed by atoms with E-state index >= 15 is 0 Å². The average molecular weight is 1070 g/mol. The number of hydrogen-bond donors (Lipinski definition) is 2. The highest BCUT2D eigenvalue weighted by Crippen LogP contribution is 2.43. The molecule has 3 aliphatic heterocycles. The second kappa shape index (κ2) is 27.8. The van der Waals surface area contributed by atoms with Crippen LogP contribution in [0.3, 0.4) is 0 Å². The first kappa shape index (κ1) is 62.1. The summed E-state index contributed by atoms with van der Waals surface area (Å²) in [6.45, 7) is 21.5. The number of likely N-dealkylation sites (N-methyl/N-ethyl adjacent to an activating group) is 1. The highest BCUT2D eigenvalue weighted by atomic mass is 16.8. The number of oxime groups is 1. The van der Waals surface area contributed by atoms with Gasteiger partial charge in [-0.05, 0) is 71.9 Å². The molecule has 2 aromatic carbocycles. The van der Waals surface area contributed by atoms with Crippen LogP contribution in [0.2, 0.25) is 0 Å². The van der Waals surface area contributed by atoms with E-state index in [1.807, 2.05) is 83.1 Å². The molecule has 0 spiro atoms. The van der Waals surface area contributed by atoms with Gasteiger partial charge in [0.15, 0.2) is 18.7 Å². The number of aliphatic hydroxyl groups is 2. The Kier molecular flexibility index (Phi) is 22.7. The minimum absolute atomic E-state index is 0.0183. The van der Waals surface area contributed by atoms with E-state index in [4.69, 9.17) is 56.9 Å². The van der Waals surface area contributed by atoms with E-state index in [-0.39, 0.29) is 45.5 Å². The van der Waals surface area contributed by atoms with Crippen molar-refractivity contribution in [2.75, 3.05) is 35.0 Å². The molecular weight excluding hydrogens is 985 g/mol. The van der Waals surface area contributed by atoms with Crippen molar-refractivity contribution < 1.29 is 81.5 Å². The maximum absolute atomic E-state index is 14.9. The summed E-state index contributed by atoms with van der Waals surface area (Å²) in [6, 6.07) is 17.4. The lowest BCUT2D eigenvalue weighted by Crippen LogP contribution is -2.62. The Morgan fingerprint density at radius 1 is 0.829 bits per heavy atom. The lowest BCUT2D eigenvalue weighted by molar-refractivity contribution is -0.319. The smallest absolute Gasteiger partial charge is 0.459 e. The second-order valence-electron chi connectivity index (χ2n) is 21.3. The molecule has 19 heteroatoms. The van der Waals surface area contributed by atoms with Crippen molar-refractivity contribution in [2.24, 2.45) is 28.8 Å². The van der Waals surface area contributed by atoms with Crippen LogP contribution < -0.4 is 0 Å². The predicted molar refractivity (Wildman–Crippen MR) is 281 cm³/mol. The van der Waals surface area contributed by atoms with Gasteiger partial charge in [0, 0.05) is 52.6 Å². The van der Waals surface area contributed by atoms with E-state index < -0.39 is 126 Å².